The smallest absolute Gasteiger partial charge is 0.0926 e. The molecule has 5 rings (SSSR count). The Hall–Kier alpha value is -1.23. The Balaban J connectivity index is 1.42. The molecule has 3 aliphatic rings. The number of hydrogen-bond acceptors (Lipinski definition) is 4. The summed E-state index contributed by atoms with van der Waals surface area (Å²) in [7, 11) is 0. The molecule has 0 N–H and O–H groups in total. The van der Waals surface area contributed by atoms with Crippen LogP contribution in [0.5, 0.6) is 0 Å². The monoisotopic (exact) mass is 341 g/mol. The number of rotatable bonds is 5. The maximum absolute atomic E-state index is 4.77. The summed E-state index contributed by atoms with van der Waals surface area (Å²) in [5.41, 5.74) is 2.72. The second-order valence-electron chi connectivity index (χ2n) is 7.29. The summed E-state index contributed by atoms with van der Waals surface area (Å²) >= 11 is 1.81. The first-order valence-electron chi connectivity index (χ1n) is 9.23. The van der Waals surface area contributed by atoms with Crippen molar-refractivity contribution >= 4 is 11.3 Å². The van der Waals surface area contributed by atoms with E-state index in [2.05, 4.69) is 52.4 Å². The summed E-state index contributed by atoms with van der Waals surface area (Å²) < 4.78 is 0. The average molecular weight is 342 g/mol. The molecule has 3 fully saturated rings. The van der Waals surface area contributed by atoms with Crippen molar-refractivity contribution in [3.63, 3.8) is 0 Å². The highest BCUT2D eigenvalue weighted by Gasteiger charge is 2.34. The van der Waals surface area contributed by atoms with Crippen molar-refractivity contribution in [1.29, 1.82) is 0 Å². The normalized spacial score (nSPS) is 25.0. The molecule has 0 spiro atoms. The Kier molecular flexibility index (Phi) is 4.97. The Morgan fingerprint density at radius 1 is 1.08 bits per heavy atom. The fraction of sp³-hybridized carbons (Fsp3) is 0.550. The lowest BCUT2D eigenvalue weighted by Gasteiger charge is -2.36. The van der Waals surface area contributed by atoms with Gasteiger partial charge in [-0.2, -0.15) is 0 Å². The third-order valence-electron chi connectivity index (χ3n) is 5.42. The third-order valence-corrected chi connectivity index (χ3v) is 6.46. The Morgan fingerprint density at radius 3 is 2.75 bits per heavy atom. The zero-order valence-corrected chi connectivity index (χ0v) is 15.3. The molecule has 2 aromatic rings. The lowest BCUT2D eigenvalue weighted by molar-refractivity contribution is 0.123. The number of thiazole rings is 1. The third kappa shape index (κ3) is 3.71. The van der Waals surface area contributed by atoms with Crippen molar-refractivity contribution in [1.82, 2.24) is 14.8 Å². The first kappa shape index (κ1) is 16.2. The van der Waals surface area contributed by atoms with Crippen LogP contribution in [0.2, 0.25) is 0 Å². The minimum absolute atomic E-state index is 0.702. The van der Waals surface area contributed by atoms with E-state index in [0.29, 0.717) is 6.04 Å². The van der Waals surface area contributed by atoms with Gasteiger partial charge >= 0.3 is 0 Å². The highest BCUT2D eigenvalue weighted by atomic mass is 32.1. The Morgan fingerprint density at radius 2 is 1.96 bits per heavy atom. The predicted octanol–water partition coefficient (Wildman–Crippen LogP) is 3.80. The lowest BCUT2D eigenvalue weighted by Crippen LogP contribution is -2.43. The molecule has 0 amide bonds. The van der Waals surface area contributed by atoms with Gasteiger partial charge in [0, 0.05) is 44.1 Å². The van der Waals surface area contributed by atoms with E-state index in [1.54, 1.807) is 0 Å². The number of benzene rings is 1. The fourth-order valence-electron chi connectivity index (χ4n) is 4.23. The summed E-state index contributed by atoms with van der Waals surface area (Å²) in [6.45, 7) is 8.02. The molecular weight excluding hydrogens is 314 g/mol. The van der Waals surface area contributed by atoms with Crippen molar-refractivity contribution in [3.8, 4) is 0 Å². The van der Waals surface area contributed by atoms with Crippen molar-refractivity contribution < 1.29 is 0 Å². The molecule has 3 nitrogen and oxygen atoms in total. The Bertz CT molecular complexity index is 654. The van der Waals surface area contributed by atoms with Gasteiger partial charge in [-0.1, -0.05) is 37.3 Å². The quantitative estimate of drug-likeness (QED) is 0.824. The standard InChI is InChI=1S/C20H27N3S/c1-2-20-21-18(15-24-20)13-22-10-17-8-9-19(14-22)23(12-17)11-16-6-4-3-5-7-16/h3-7,15,17,19H,2,8-14H2,1H3/t17-,19+/m1/s1. The molecule has 1 aromatic carbocycles. The van der Waals surface area contributed by atoms with Gasteiger partial charge in [0.2, 0.25) is 0 Å². The van der Waals surface area contributed by atoms with Gasteiger partial charge in [-0.25, -0.2) is 4.98 Å². The molecule has 0 unspecified atom stereocenters. The largest absolute Gasteiger partial charge is 0.296 e. The highest BCUT2D eigenvalue weighted by molar-refractivity contribution is 7.09. The summed E-state index contributed by atoms with van der Waals surface area (Å²) in [5.74, 6) is 0.816. The van der Waals surface area contributed by atoms with Crippen molar-refractivity contribution in [2.75, 3.05) is 19.6 Å². The number of aryl methyl sites for hydroxylation is 1. The zero-order valence-electron chi connectivity index (χ0n) is 14.5. The van der Waals surface area contributed by atoms with Gasteiger partial charge in [0.15, 0.2) is 0 Å². The van der Waals surface area contributed by atoms with Gasteiger partial charge in [-0.05, 0) is 30.7 Å². The van der Waals surface area contributed by atoms with Gasteiger partial charge < -0.3 is 0 Å². The maximum Gasteiger partial charge on any atom is 0.0926 e. The molecule has 0 saturated carbocycles. The van der Waals surface area contributed by atoms with E-state index in [-0.39, 0.29) is 0 Å². The molecule has 2 bridgehead atoms. The van der Waals surface area contributed by atoms with Gasteiger partial charge in [0.25, 0.3) is 0 Å². The van der Waals surface area contributed by atoms with E-state index in [1.165, 1.54) is 48.7 Å². The average Bonchev–Trinajstić information content (AvgIpc) is 2.88. The highest BCUT2D eigenvalue weighted by Crippen LogP contribution is 2.30. The van der Waals surface area contributed by atoms with Crippen LogP contribution in [-0.2, 0) is 19.5 Å². The van der Waals surface area contributed by atoms with Crippen LogP contribution in [0.1, 0.15) is 36.0 Å². The fourth-order valence-corrected chi connectivity index (χ4v) is 4.97. The van der Waals surface area contributed by atoms with Gasteiger partial charge in [-0.15, -0.1) is 11.3 Å². The number of hydrogen-bond donors (Lipinski definition) is 0. The number of nitrogens with zero attached hydrogens (tertiary/aromatic N) is 3. The minimum Gasteiger partial charge on any atom is -0.296 e. The lowest BCUT2D eigenvalue weighted by atomic mass is 9.94. The molecule has 1 aromatic heterocycles. The zero-order chi connectivity index (χ0) is 16.4. The number of aromatic nitrogens is 1. The van der Waals surface area contributed by atoms with Gasteiger partial charge in [-0.3, -0.25) is 9.80 Å². The van der Waals surface area contributed by atoms with Crippen LogP contribution in [0.25, 0.3) is 0 Å². The molecule has 0 aliphatic carbocycles. The van der Waals surface area contributed by atoms with E-state index in [9.17, 15) is 0 Å². The molecule has 4 heteroatoms. The van der Waals surface area contributed by atoms with Crippen LogP contribution in [0.3, 0.4) is 0 Å². The Labute approximate surface area is 149 Å². The van der Waals surface area contributed by atoms with Crippen LogP contribution in [0.4, 0.5) is 0 Å². The van der Waals surface area contributed by atoms with Crippen molar-refractivity contribution in [3.05, 3.63) is 52.0 Å². The van der Waals surface area contributed by atoms with Crippen LogP contribution < -0.4 is 0 Å². The van der Waals surface area contributed by atoms with Crippen LogP contribution in [0.15, 0.2) is 35.7 Å². The second-order valence-corrected chi connectivity index (χ2v) is 8.24. The van der Waals surface area contributed by atoms with Crippen molar-refractivity contribution in [2.45, 2.75) is 45.3 Å². The molecule has 24 heavy (non-hydrogen) atoms. The SMILES string of the molecule is CCc1nc(CN2C[C@H]3CC[C@@H](C2)N(Cc2ccccc2)C3)cs1. The van der Waals surface area contributed by atoms with E-state index in [1.807, 2.05) is 11.3 Å². The van der Waals surface area contributed by atoms with Crippen LogP contribution in [-0.4, -0.2) is 40.5 Å². The minimum atomic E-state index is 0.702. The summed E-state index contributed by atoms with van der Waals surface area (Å²) in [6, 6.07) is 11.7. The van der Waals surface area contributed by atoms with E-state index in [0.717, 1.165) is 25.4 Å². The number of piperidine rings is 1. The van der Waals surface area contributed by atoms with Crippen LogP contribution in [0, 0.1) is 5.92 Å². The number of fused-ring (bicyclic) bond motifs is 4. The summed E-state index contributed by atoms with van der Waals surface area (Å²) in [5, 5.41) is 3.53. The summed E-state index contributed by atoms with van der Waals surface area (Å²) in [4.78, 5) is 10.2. The molecule has 0 radical (unpaired) electrons. The molecule has 128 valence electrons. The maximum atomic E-state index is 4.77. The van der Waals surface area contributed by atoms with Gasteiger partial charge in [0.1, 0.15) is 0 Å². The first-order chi connectivity index (χ1) is 11.8. The van der Waals surface area contributed by atoms with Crippen LogP contribution >= 0.6 is 11.3 Å². The molecule has 3 aliphatic heterocycles. The molecule has 4 heterocycles. The van der Waals surface area contributed by atoms with E-state index < -0.39 is 0 Å². The van der Waals surface area contributed by atoms with Gasteiger partial charge in [0.05, 0.1) is 10.7 Å². The topological polar surface area (TPSA) is 19.4 Å². The molecule has 3 saturated heterocycles. The second kappa shape index (κ2) is 7.34. The van der Waals surface area contributed by atoms with E-state index in [4.69, 9.17) is 4.98 Å². The molecular formula is C20H27N3S. The van der Waals surface area contributed by atoms with Crippen molar-refractivity contribution in [2.24, 2.45) is 5.92 Å². The predicted molar refractivity (Wildman–Crippen MR) is 100 cm³/mol. The summed E-state index contributed by atoms with van der Waals surface area (Å²) in [6.07, 6.45) is 3.80. The first-order valence-corrected chi connectivity index (χ1v) is 10.1. The molecule has 2 atom stereocenters. The van der Waals surface area contributed by atoms with E-state index >= 15 is 0 Å².